The SMILES string of the molecule is CC(C)(C)N[N]C(c1ccccc1)(c1ccccc1)c1ccccc1. The fourth-order valence-electron chi connectivity index (χ4n) is 2.98. The van der Waals surface area contributed by atoms with Crippen LogP contribution >= 0.6 is 0 Å². The maximum absolute atomic E-state index is 5.09. The van der Waals surface area contributed by atoms with Crippen molar-refractivity contribution in [3.63, 3.8) is 0 Å². The minimum Gasteiger partial charge on any atom is -0.233 e. The monoisotopic (exact) mass is 329 g/mol. The molecule has 127 valence electrons. The van der Waals surface area contributed by atoms with Gasteiger partial charge in [-0.3, -0.25) is 0 Å². The van der Waals surface area contributed by atoms with Gasteiger partial charge >= 0.3 is 0 Å². The van der Waals surface area contributed by atoms with Gasteiger partial charge in [0.1, 0.15) is 5.54 Å². The van der Waals surface area contributed by atoms with Crippen molar-refractivity contribution >= 4 is 0 Å². The molecular weight excluding hydrogens is 304 g/mol. The van der Waals surface area contributed by atoms with Gasteiger partial charge in [-0.05, 0) is 37.5 Å². The third-order valence-electron chi connectivity index (χ3n) is 4.13. The van der Waals surface area contributed by atoms with Crippen LogP contribution in [0.15, 0.2) is 91.0 Å². The van der Waals surface area contributed by atoms with Gasteiger partial charge in [0.2, 0.25) is 0 Å². The minimum absolute atomic E-state index is 0.121. The first-order valence-corrected chi connectivity index (χ1v) is 8.68. The number of nitrogens with one attached hydrogen (secondary N) is 1. The van der Waals surface area contributed by atoms with Crippen LogP contribution < -0.4 is 10.9 Å². The summed E-state index contributed by atoms with van der Waals surface area (Å²) in [5.41, 5.74) is 11.2. The lowest BCUT2D eigenvalue weighted by molar-refractivity contribution is 0.284. The standard InChI is InChI=1S/C23H25N2/c1-22(2,3)24-25-23(19-13-7-4-8-14-19,20-15-9-5-10-16-20)21-17-11-6-12-18-21/h4-18,24H,1-3H3. The van der Waals surface area contributed by atoms with Crippen molar-refractivity contribution < 1.29 is 0 Å². The highest BCUT2D eigenvalue weighted by molar-refractivity contribution is 5.49. The summed E-state index contributed by atoms with van der Waals surface area (Å²) in [7, 11) is 0. The van der Waals surface area contributed by atoms with Gasteiger partial charge in [0.05, 0.1) is 0 Å². The molecule has 1 radical (unpaired) electrons. The molecule has 0 unspecified atom stereocenters. The van der Waals surface area contributed by atoms with Gasteiger partial charge in [0.15, 0.2) is 0 Å². The molecule has 2 nitrogen and oxygen atoms in total. The maximum Gasteiger partial charge on any atom is 0.127 e. The quantitative estimate of drug-likeness (QED) is 0.524. The molecule has 0 heterocycles. The van der Waals surface area contributed by atoms with Crippen LogP contribution in [0, 0.1) is 0 Å². The van der Waals surface area contributed by atoms with E-state index in [-0.39, 0.29) is 5.54 Å². The molecule has 2 heteroatoms. The first-order valence-electron chi connectivity index (χ1n) is 8.68. The number of nitrogens with zero attached hydrogens (tertiary/aromatic N) is 1. The van der Waals surface area contributed by atoms with Crippen LogP contribution in [-0.4, -0.2) is 5.54 Å². The van der Waals surface area contributed by atoms with Crippen LogP contribution in [0.25, 0.3) is 0 Å². The summed E-state index contributed by atoms with van der Waals surface area (Å²) in [5.74, 6) is 0. The topological polar surface area (TPSA) is 26.1 Å². The Morgan fingerprint density at radius 3 is 1.16 bits per heavy atom. The Kier molecular flexibility index (Phi) is 5.03. The minimum atomic E-state index is -0.600. The van der Waals surface area contributed by atoms with Gasteiger partial charge in [-0.15, -0.1) is 5.43 Å². The van der Waals surface area contributed by atoms with E-state index in [1.807, 2.05) is 18.2 Å². The van der Waals surface area contributed by atoms with Crippen molar-refractivity contribution in [2.24, 2.45) is 0 Å². The van der Waals surface area contributed by atoms with Crippen molar-refractivity contribution in [2.75, 3.05) is 0 Å². The summed E-state index contributed by atoms with van der Waals surface area (Å²) in [5, 5.41) is 0. The fourth-order valence-corrected chi connectivity index (χ4v) is 2.98. The van der Waals surface area contributed by atoms with Gasteiger partial charge in [0.25, 0.3) is 0 Å². The van der Waals surface area contributed by atoms with E-state index in [9.17, 15) is 0 Å². The summed E-state index contributed by atoms with van der Waals surface area (Å²) in [6.07, 6.45) is 0. The molecule has 0 saturated heterocycles. The molecule has 0 aromatic heterocycles. The normalized spacial score (nSPS) is 12.1. The molecule has 0 spiro atoms. The highest BCUT2D eigenvalue weighted by Crippen LogP contribution is 2.37. The van der Waals surface area contributed by atoms with Crippen molar-refractivity contribution in [2.45, 2.75) is 31.8 Å². The number of hydrogen-bond acceptors (Lipinski definition) is 1. The lowest BCUT2D eigenvalue weighted by Gasteiger charge is -2.37. The Bertz CT molecular complexity index is 678. The van der Waals surface area contributed by atoms with Crippen molar-refractivity contribution in [3.05, 3.63) is 108 Å². The second-order valence-corrected chi connectivity index (χ2v) is 7.28. The first-order chi connectivity index (χ1) is 12.0. The largest absolute Gasteiger partial charge is 0.233 e. The van der Waals surface area contributed by atoms with Gasteiger partial charge in [0, 0.05) is 5.54 Å². The Morgan fingerprint density at radius 2 is 0.880 bits per heavy atom. The predicted molar refractivity (Wildman–Crippen MR) is 104 cm³/mol. The van der Waals surface area contributed by atoms with Crippen LogP contribution in [0.5, 0.6) is 0 Å². The van der Waals surface area contributed by atoms with Crippen molar-refractivity contribution in [1.29, 1.82) is 0 Å². The molecule has 0 amide bonds. The van der Waals surface area contributed by atoms with E-state index in [4.69, 9.17) is 5.43 Å². The van der Waals surface area contributed by atoms with Crippen molar-refractivity contribution in [3.8, 4) is 0 Å². The van der Waals surface area contributed by atoms with E-state index in [1.165, 1.54) is 0 Å². The van der Waals surface area contributed by atoms with Crippen LogP contribution in [-0.2, 0) is 5.54 Å². The maximum atomic E-state index is 5.09. The molecule has 3 rings (SSSR count). The average molecular weight is 329 g/mol. The molecule has 0 fully saturated rings. The molecule has 0 aliphatic rings. The van der Waals surface area contributed by atoms with Gasteiger partial charge in [-0.25, -0.2) is 5.43 Å². The van der Waals surface area contributed by atoms with Crippen LogP contribution in [0.1, 0.15) is 37.5 Å². The lowest BCUT2D eigenvalue weighted by atomic mass is 9.77. The van der Waals surface area contributed by atoms with Gasteiger partial charge in [-0.2, -0.15) is 0 Å². The lowest BCUT2D eigenvalue weighted by Crippen LogP contribution is -2.52. The number of rotatable bonds is 5. The zero-order valence-electron chi connectivity index (χ0n) is 15.1. The Hall–Kier alpha value is -2.42. The Morgan fingerprint density at radius 1 is 0.560 bits per heavy atom. The fraction of sp³-hybridized carbons (Fsp3) is 0.217. The van der Waals surface area contributed by atoms with E-state index in [0.29, 0.717) is 0 Å². The van der Waals surface area contributed by atoms with Gasteiger partial charge < -0.3 is 0 Å². The second-order valence-electron chi connectivity index (χ2n) is 7.28. The molecule has 0 bridgehead atoms. The predicted octanol–water partition coefficient (Wildman–Crippen LogP) is 4.89. The van der Waals surface area contributed by atoms with Crippen LogP contribution in [0.2, 0.25) is 0 Å². The molecule has 1 N–H and O–H groups in total. The molecule has 0 aliphatic heterocycles. The zero-order chi connectivity index (χ0) is 17.8. The zero-order valence-corrected chi connectivity index (χ0v) is 15.1. The second kappa shape index (κ2) is 7.22. The van der Waals surface area contributed by atoms with E-state index < -0.39 is 5.54 Å². The summed E-state index contributed by atoms with van der Waals surface area (Å²) in [4.78, 5) is 0. The highest BCUT2D eigenvalue weighted by Gasteiger charge is 2.38. The van der Waals surface area contributed by atoms with E-state index in [1.54, 1.807) is 0 Å². The van der Waals surface area contributed by atoms with E-state index in [0.717, 1.165) is 16.7 Å². The molecule has 25 heavy (non-hydrogen) atoms. The first kappa shape index (κ1) is 17.4. The molecule has 0 aliphatic carbocycles. The average Bonchev–Trinajstić information content (AvgIpc) is 2.64. The summed E-state index contributed by atoms with van der Waals surface area (Å²) < 4.78 is 0. The van der Waals surface area contributed by atoms with Crippen molar-refractivity contribution in [1.82, 2.24) is 10.9 Å². The highest BCUT2D eigenvalue weighted by atomic mass is 15.4. The summed E-state index contributed by atoms with van der Waals surface area (Å²) >= 11 is 0. The van der Waals surface area contributed by atoms with Crippen LogP contribution in [0.3, 0.4) is 0 Å². The molecule has 3 aromatic carbocycles. The van der Waals surface area contributed by atoms with Crippen LogP contribution in [0.4, 0.5) is 0 Å². The third-order valence-corrected chi connectivity index (χ3v) is 4.13. The number of hydrogen-bond donors (Lipinski definition) is 1. The third kappa shape index (κ3) is 3.81. The molecular formula is C23H25N2. The van der Waals surface area contributed by atoms with Gasteiger partial charge in [-0.1, -0.05) is 91.0 Å². The molecule has 0 saturated carbocycles. The smallest absolute Gasteiger partial charge is 0.127 e. The summed E-state index contributed by atoms with van der Waals surface area (Å²) in [6, 6.07) is 31.4. The van der Waals surface area contributed by atoms with E-state index >= 15 is 0 Å². The summed E-state index contributed by atoms with van der Waals surface area (Å²) in [6.45, 7) is 6.38. The Labute approximate surface area is 150 Å². The van der Waals surface area contributed by atoms with E-state index in [2.05, 4.69) is 99.0 Å². The number of benzene rings is 3. The molecule has 3 aromatic rings. The molecule has 0 atom stereocenters. The Balaban J connectivity index is 2.24.